The molecule has 6 heteroatoms. The van der Waals surface area contributed by atoms with E-state index in [4.69, 9.17) is 4.74 Å². The van der Waals surface area contributed by atoms with Crippen molar-refractivity contribution in [2.75, 3.05) is 20.2 Å². The van der Waals surface area contributed by atoms with E-state index >= 15 is 0 Å². The van der Waals surface area contributed by atoms with Crippen LogP contribution < -0.4 is 5.56 Å². The normalized spacial score (nSPS) is 15.9. The van der Waals surface area contributed by atoms with Crippen LogP contribution in [-0.4, -0.2) is 45.6 Å². The Kier molecular flexibility index (Phi) is 3.48. The molecule has 4 rings (SSSR count). The number of aromatic nitrogens is 3. The standard InChI is InChI=1S/C17H18N4O2/c1-23-14-10-20(11-14)8-13-9-21-15(17(22)19-13)7-18-16(21)12-5-3-2-4-6-12/h2-7,9,14H,8,10-11H2,1H3,(H,19,22). The third kappa shape index (κ3) is 2.56. The molecule has 23 heavy (non-hydrogen) atoms. The third-order valence-electron chi connectivity index (χ3n) is 4.27. The molecule has 118 valence electrons. The van der Waals surface area contributed by atoms with Crippen LogP contribution in [0, 0.1) is 0 Å². The minimum absolute atomic E-state index is 0.110. The molecule has 6 nitrogen and oxygen atoms in total. The molecule has 1 saturated heterocycles. The maximum Gasteiger partial charge on any atom is 0.274 e. The van der Waals surface area contributed by atoms with Crippen LogP contribution in [0.2, 0.25) is 0 Å². The lowest BCUT2D eigenvalue weighted by Crippen LogP contribution is -2.51. The van der Waals surface area contributed by atoms with E-state index in [-0.39, 0.29) is 5.56 Å². The molecule has 0 aliphatic carbocycles. The second kappa shape index (κ2) is 5.64. The Morgan fingerprint density at radius 2 is 2.09 bits per heavy atom. The molecule has 1 fully saturated rings. The van der Waals surface area contributed by atoms with Crippen molar-refractivity contribution in [3.05, 3.63) is 58.8 Å². The molecular formula is C17H18N4O2. The van der Waals surface area contributed by atoms with Crippen molar-refractivity contribution in [2.24, 2.45) is 0 Å². The van der Waals surface area contributed by atoms with Gasteiger partial charge in [0.1, 0.15) is 11.3 Å². The zero-order valence-corrected chi connectivity index (χ0v) is 12.9. The van der Waals surface area contributed by atoms with Crippen molar-refractivity contribution < 1.29 is 4.74 Å². The summed E-state index contributed by atoms with van der Waals surface area (Å²) in [5.41, 5.74) is 2.33. The van der Waals surface area contributed by atoms with Gasteiger partial charge in [-0.25, -0.2) is 4.98 Å². The van der Waals surface area contributed by atoms with Crippen LogP contribution in [0.3, 0.4) is 0 Å². The number of ether oxygens (including phenoxy) is 1. The van der Waals surface area contributed by atoms with Crippen molar-refractivity contribution in [3.63, 3.8) is 0 Å². The van der Waals surface area contributed by atoms with E-state index in [1.807, 2.05) is 40.9 Å². The van der Waals surface area contributed by atoms with Gasteiger partial charge in [-0.3, -0.25) is 14.1 Å². The highest BCUT2D eigenvalue weighted by atomic mass is 16.5. The molecule has 0 saturated carbocycles. The monoisotopic (exact) mass is 310 g/mol. The van der Waals surface area contributed by atoms with Gasteiger partial charge >= 0.3 is 0 Å². The molecule has 0 amide bonds. The molecule has 2 aromatic heterocycles. The summed E-state index contributed by atoms with van der Waals surface area (Å²) < 4.78 is 7.16. The minimum Gasteiger partial charge on any atom is -0.379 e. The van der Waals surface area contributed by atoms with Gasteiger partial charge in [0.15, 0.2) is 0 Å². The molecule has 0 spiro atoms. The van der Waals surface area contributed by atoms with Gasteiger partial charge in [-0.15, -0.1) is 0 Å². The maximum atomic E-state index is 12.3. The summed E-state index contributed by atoms with van der Waals surface area (Å²) in [5, 5.41) is 0. The molecule has 1 aliphatic heterocycles. The molecule has 3 aromatic rings. The number of aromatic amines is 1. The van der Waals surface area contributed by atoms with Crippen molar-refractivity contribution >= 4 is 5.52 Å². The first-order chi connectivity index (χ1) is 11.2. The topological polar surface area (TPSA) is 62.6 Å². The Morgan fingerprint density at radius 1 is 1.30 bits per heavy atom. The molecule has 0 radical (unpaired) electrons. The predicted octanol–water partition coefficient (Wildman–Crippen LogP) is 1.52. The number of likely N-dealkylation sites (tertiary alicyclic amines) is 1. The number of H-pyrrole nitrogens is 1. The number of methoxy groups -OCH3 is 1. The average molecular weight is 310 g/mol. The molecule has 3 heterocycles. The van der Waals surface area contributed by atoms with Crippen LogP contribution in [0.25, 0.3) is 16.9 Å². The summed E-state index contributed by atoms with van der Waals surface area (Å²) in [6.45, 7) is 2.50. The Balaban J connectivity index is 1.70. The Bertz CT molecular complexity index is 878. The SMILES string of the molecule is COC1CN(Cc2cn3c(-c4ccccc4)ncc3c(=O)[nH]2)C1. The highest BCUT2D eigenvalue weighted by Gasteiger charge is 2.26. The lowest BCUT2D eigenvalue weighted by Gasteiger charge is -2.37. The van der Waals surface area contributed by atoms with Gasteiger partial charge < -0.3 is 9.72 Å². The fraction of sp³-hybridized carbons (Fsp3) is 0.294. The molecule has 1 aliphatic rings. The van der Waals surface area contributed by atoms with Crippen molar-refractivity contribution in [2.45, 2.75) is 12.6 Å². The Labute approximate surface area is 133 Å². The zero-order valence-electron chi connectivity index (χ0n) is 12.9. The Hall–Kier alpha value is -2.44. The van der Waals surface area contributed by atoms with Gasteiger partial charge in [-0.05, 0) is 0 Å². The molecular weight excluding hydrogens is 292 g/mol. The second-order valence-electron chi connectivity index (χ2n) is 5.86. The summed E-state index contributed by atoms with van der Waals surface area (Å²) in [7, 11) is 1.73. The Morgan fingerprint density at radius 3 is 2.83 bits per heavy atom. The average Bonchev–Trinajstić information content (AvgIpc) is 2.96. The fourth-order valence-corrected chi connectivity index (χ4v) is 2.98. The van der Waals surface area contributed by atoms with Crippen LogP contribution >= 0.6 is 0 Å². The number of fused-ring (bicyclic) bond motifs is 1. The van der Waals surface area contributed by atoms with Gasteiger partial charge in [0.2, 0.25) is 0 Å². The predicted molar refractivity (Wildman–Crippen MR) is 87.3 cm³/mol. The third-order valence-corrected chi connectivity index (χ3v) is 4.27. The van der Waals surface area contributed by atoms with E-state index in [0.717, 1.165) is 30.2 Å². The highest BCUT2D eigenvalue weighted by Crippen LogP contribution is 2.19. The van der Waals surface area contributed by atoms with Crippen LogP contribution in [0.5, 0.6) is 0 Å². The van der Waals surface area contributed by atoms with E-state index < -0.39 is 0 Å². The van der Waals surface area contributed by atoms with E-state index in [1.54, 1.807) is 13.3 Å². The molecule has 0 bridgehead atoms. The van der Waals surface area contributed by atoms with Gasteiger partial charge in [0, 0.05) is 44.2 Å². The smallest absolute Gasteiger partial charge is 0.274 e. The number of nitrogens with one attached hydrogen (secondary N) is 1. The van der Waals surface area contributed by atoms with Crippen LogP contribution in [-0.2, 0) is 11.3 Å². The van der Waals surface area contributed by atoms with Gasteiger partial charge in [-0.1, -0.05) is 30.3 Å². The van der Waals surface area contributed by atoms with E-state index in [1.165, 1.54) is 0 Å². The van der Waals surface area contributed by atoms with Crippen LogP contribution in [0.15, 0.2) is 47.5 Å². The summed E-state index contributed by atoms with van der Waals surface area (Å²) in [5.74, 6) is 0.784. The number of rotatable bonds is 4. The number of nitrogens with zero attached hydrogens (tertiary/aromatic N) is 3. The van der Waals surface area contributed by atoms with E-state index in [9.17, 15) is 4.79 Å². The maximum absolute atomic E-state index is 12.3. The largest absolute Gasteiger partial charge is 0.379 e. The molecule has 0 unspecified atom stereocenters. The van der Waals surface area contributed by atoms with Crippen LogP contribution in [0.1, 0.15) is 5.69 Å². The first-order valence-electron chi connectivity index (χ1n) is 7.64. The van der Waals surface area contributed by atoms with E-state index in [2.05, 4.69) is 14.9 Å². The summed E-state index contributed by atoms with van der Waals surface area (Å²) in [6, 6.07) is 9.89. The minimum atomic E-state index is -0.110. The number of benzene rings is 1. The lowest BCUT2D eigenvalue weighted by molar-refractivity contribution is -0.0339. The number of imidazole rings is 1. The fourth-order valence-electron chi connectivity index (χ4n) is 2.98. The van der Waals surface area contributed by atoms with E-state index in [0.29, 0.717) is 18.2 Å². The van der Waals surface area contributed by atoms with Gasteiger partial charge in [0.25, 0.3) is 5.56 Å². The number of hydrogen-bond acceptors (Lipinski definition) is 4. The lowest BCUT2D eigenvalue weighted by atomic mass is 10.1. The first kappa shape index (κ1) is 14.2. The zero-order chi connectivity index (χ0) is 15.8. The number of hydrogen-bond donors (Lipinski definition) is 1. The van der Waals surface area contributed by atoms with Crippen molar-refractivity contribution in [1.82, 2.24) is 19.3 Å². The van der Waals surface area contributed by atoms with Gasteiger partial charge in [0.05, 0.1) is 12.3 Å². The first-order valence-corrected chi connectivity index (χ1v) is 7.64. The molecule has 1 N–H and O–H groups in total. The van der Waals surface area contributed by atoms with Crippen LogP contribution in [0.4, 0.5) is 0 Å². The van der Waals surface area contributed by atoms with Crippen molar-refractivity contribution in [3.8, 4) is 11.4 Å². The molecule has 0 atom stereocenters. The summed E-state index contributed by atoms with van der Waals surface area (Å²) in [6.07, 6.45) is 3.89. The second-order valence-corrected chi connectivity index (χ2v) is 5.86. The summed E-state index contributed by atoms with van der Waals surface area (Å²) >= 11 is 0. The van der Waals surface area contributed by atoms with Crippen molar-refractivity contribution in [1.29, 1.82) is 0 Å². The quantitative estimate of drug-likeness (QED) is 0.793. The van der Waals surface area contributed by atoms with Gasteiger partial charge in [-0.2, -0.15) is 0 Å². The highest BCUT2D eigenvalue weighted by molar-refractivity contribution is 5.61. The molecule has 1 aromatic carbocycles. The summed E-state index contributed by atoms with van der Waals surface area (Å²) in [4.78, 5) is 21.9.